The van der Waals surface area contributed by atoms with Crippen LogP contribution in [0.3, 0.4) is 0 Å². The molecule has 0 radical (unpaired) electrons. The third-order valence-electron chi connectivity index (χ3n) is 12.7. The lowest BCUT2D eigenvalue weighted by atomic mass is 9.92. The summed E-state index contributed by atoms with van der Waals surface area (Å²) in [6, 6.07) is 55.0. The van der Waals surface area contributed by atoms with E-state index in [0.717, 1.165) is 21.5 Å². The average Bonchev–Trinajstić information content (AvgIpc) is 3.58. The van der Waals surface area contributed by atoms with Crippen molar-refractivity contribution in [1.29, 1.82) is 0 Å². The fraction of sp³-hybridized carbons (Fsp3) is 0.0606. The van der Waals surface area contributed by atoms with Gasteiger partial charge in [0.1, 0.15) is 34.5 Å². The Morgan fingerprint density at radius 2 is 0.662 bits per heavy atom. The van der Waals surface area contributed by atoms with E-state index >= 15 is 0 Å². The van der Waals surface area contributed by atoms with E-state index in [1.54, 1.807) is 109 Å². The summed E-state index contributed by atoms with van der Waals surface area (Å²) in [5, 5.41) is 5.93. The molecular formula is C66H46O14. The van der Waals surface area contributed by atoms with E-state index < -0.39 is 35.8 Å². The SMILES string of the molecule is C=C(C)C(=O)OCOc1ccc(C(=O)Oc2ccc3cc(C(=O)Oc4ccc5ccccc5c4-c4c(OC(=O)c5ccc6cc(OC(=O)c7ccc(OCOC(=O)C(=C)C)cc7)ccc6c5)ccc5ccccc45)ccc3c2)cc1. The van der Waals surface area contributed by atoms with Crippen LogP contribution in [0.25, 0.3) is 54.2 Å². The van der Waals surface area contributed by atoms with Crippen LogP contribution < -0.4 is 28.4 Å². The van der Waals surface area contributed by atoms with E-state index in [9.17, 15) is 28.8 Å². The summed E-state index contributed by atoms with van der Waals surface area (Å²) in [6.45, 7) is 9.48. The van der Waals surface area contributed by atoms with Crippen LogP contribution in [-0.4, -0.2) is 49.4 Å². The normalized spacial score (nSPS) is 10.9. The zero-order valence-electron chi connectivity index (χ0n) is 43.0. The molecular weight excluding hydrogens is 1020 g/mol. The number of ether oxygens (including phenoxy) is 8. The Hall–Kier alpha value is -10.9. The van der Waals surface area contributed by atoms with Crippen molar-refractivity contribution in [1.82, 2.24) is 0 Å². The van der Waals surface area contributed by atoms with Crippen LogP contribution in [0, 0.1) is 0 Å². The second-order valence-corrected chi connectivity index (χ2v) is 18.3. The highest BCUT2D eigenvalue weighted by atomic mass is 16.7. The van der Waals surface area contributed by atoms with Gasteiger partial charge in [-0.05, 0) is 166 Å². The molecule has 14 nitrogen and oxygen atoms in total. The van der Waals surface area contributed by atoms with Gasteiger partial charge in [0.05, 0.1) is 22.3 Å². The van der Waals surface area contributed by atoms with Crippen molar-refractivity contribution in [3.63, 3.8) is 0 Å². The van der Waals surface area contributed by atoms with Gasteiger partial charge in [-0.2, -0.15) is 0 Å². The van der Waals surface area contributed by atoms with Crippen molar-refractivity contribution in [3.8, 4) is 45.6 Å². The van der Waals surface area contributed by atoms with E-state index in [4.69, 9.17) is 37.9 Å². The Morgan fingerprint density at radius 3 is 1.06 bits per heavy atom. The first-order valence-corrected chi connectivity index (χ1v) is 24.9. The number of carbonyl (C=O) groups is 6. The molecule has 0 aliphatic heterocycles. The topological polar surface area (TPSA) is 176 Å². The van der Waals surface area contributed by atoms with Crippen molar-refractivity contribution < 1.29 is 66.7 Å². The maximum Gasteiger partial charge on any atom is 0.343 e. The van der Waals surface area contributed by atoms with Gasteiger partial charge in [-0.25, -0.2) is 28.8 Å². The number of hydrogen-bond donors (Lipinski definition) is 0. The molecule has 10 aromatic carbocycles. The number of benzene rings is 10. The maximum absolute atomic E-state index is 14.3. The Labute approximate surface area is 457 Å². The van der Waals surface area contributed by atoms with Gasteiger partial charge >= 0.3 is 35.8 Å². The first-order valence-electron chi connectivity index (χ1n) is 24.9. The van der Waals surface area contributed by atoms with Gasteiger partial charge in [0.2, 0.25) is 13.6 Å². The number of rotatable bonds is 17. The number of carbonyl (C=O) groups excluding carboxylic acids is 6. The molecule has 0 fully saturated rings. The molecule has 0 heterocycles. The molecule has 0 unspecified atom stereocenters. The third kappa shape index (κ3) is 11.9. The summed E-state index contributed by atoms with van der Waals surface area (Å²) in [4.78, 5) is 77.9. The first-order chi connectivity index (χ1) is 38.7. The van der Waals surface area contributed by atoms with Crippen molar-refractivity contribution in [2.24, 2.45) is 0 Å². The van der Waals surface area contributed by atoms with Crippen LogP contribution in [0.1, 0.15) is 55.3 Å². The fourth-order valence-electron chi connectivity index (χ4n) is 8.59. The minimum atomic E-state index is -0.644. The highest BCUT2D eigenvalue weighted by Gasteiger charge is 2.24. The van der Waals surface area contributed by atoms with Gasteiger partial charge in [0.15, 0.2) is 0 Å². The lowest BCUT2D eigenvalue weighted by molar-refractivity contribution is -0.146. The van der Waals surface area contributed by atoms with Crippen LogP contribution in [0.15, 0.2) is 218 Å². The highest BCUT2D eigenvalue weighted by Crippen LogP contribution is 2.46. The summed E-state index contributed by atoms with van der Waals surface area (Å²) in [5.41, 5.74) is 2.57. The molecule has 0 bridgehead atoms. The predicted molar refractivity (Wildman–Crippen MR) is 300 cm³/mol. The van der Waals surface area contributed by atoms with E-state index in [2.05, 4.69) is 13.2 Å². The Balaban J connectivity index is 0.858. The van der Waals surface area contributed by atoms with Gasteiger partial charge in [0, 0.05) is 22.3 Å². The molecule has 10 rings (SSSR count). The van der Waals surface area contributed by atoms with E-state index in [-0.39, 0.29) is 70.0 Å². The lowest BCUT2D eigenvalue weighted by Crippen LogP contribution is -2.11. The van der Waals surface area contributed by atoms with Crippen LogP contribution in [0.4, 0.5) is 0 Å². The molecule has 80 heavy (non-hydrogen) atoms. The minimum Gasteiger partial charge on any atom is -0.457 e. The Morgan fingerprint density at radius 1 is 0.338 bits per heavy atom. The Bertz CT molecular complexity index is 3870. The fourth-order valence-corrected chi connectivity index (χ4v) is 8.59. The number of esters is 6. The van der Waals surface area contributed by atoms with Crippen molar-refractivity contribution in [2.45, 2.75) is 13.8 Å². The van der Waals surface area contributed by atoms with Crippen LogP contribution in [0.2, 0.25) is 0 Å². The molecule has 0 spiro atoms. The summed E-state index contributed by atoms with van der Waals surface area (Å²) >= 11 is 0. The summed E-state index contributed by atoms with van der Waals surface area (Å²) in [6.07, 6.45) is 0. The van der Waals surface area contributed by atoms with Crippen molar-refractivity contribution in [3.05, 3.63) is 241 Å². The highest BCUT2D eigenvalue weighted by molar-refractivity contribution is 6.12. The van der Waals surface area contributed by atoms with E-state index in [1.807, 2.05) is 60.7 Å². The summed E-state index contributed by atoms with van der Waals surface area (Å²) in [7, 11) is 0. The third-order valence-corrected chi connectivity index (χ3v) is 12.7. The van der Waals surface area contributed by atoms with Crippen molar-refractivity contribution >= 4 is 78.9 Å². The quantitative estimate of drug-likeness (QED) is 0.0364. The second-order valence-electron chi connectivity index (χ2n) is 18.3. The lowest BCUT2D eigenvalue weighted by Gasteiger charge is -2.19. The molecule has 0 aliphatic rings. The standard InChI is InChI=1S/C66H46O14/c1-39(2)61(67)75-37-73-51-25-17-43(18-26-51)63(69)77-53-29-21-45-33-49(15-13-47(45)35-53)65(71)79-57-31-23-41-9-5-7-11-55(41)59(57)60-56-12-8-6-10-42(56)24-32-58(60)80-66(72)50-16-14-48-36-54(30-22-46(48)34-50)78-64(70)44-19-27-52(28-20-44)74-38-76-62(68)40(3)4/h5-36H,1,3,37-38H2,2,4H3. The van der Waals surface area contributed by atoms with Gasteiger partial charge in [-0.3, -0.25) is 0 Å². The molecule has 0 amide bonds. The molecule has 14 heteroatoms. The molecule has 10 aromatic rings. The van der Waals surface area contributed by atoms with E-state index in [0.29, 0.717) is 44.2 Å². The average molecular weight is 1060 g/mol. The molecule has 0 aromatic heterocycles. The van der Waals surface area contributed by atoms with Gasteiger partial charge < -0.3 is 37.9 Å². The zero-order valence-corrected chi connectivity index (χ0v) is 43.0. The maximum atomic E-state index is 14.3. The molecule has 0 aliphatic carbocycles. The monoisotopic (exact) mass is 1060 g/mol. The second kappa shape index (κ2) is 23.2. The largest absolute Gasteiger partial charge is 0.457 e. The summed E-state index contributed by atoms with van der Waals surface area (Å²) in [5.74, 6) is -1.89. The molecule has 394 valence electrons. The minimum absolute atomic E-state index is 0.225. The molecule has 0 saturated heterocycles. The van der Waals surface area contributed by atoms with Crippen molar-refractivity contribution in [2.75, 3.05) is 13.6 Å². The predicted octanol–water partition coefficient (Wildman–Crippen LogP) is 13.8. The number of hydrogen-bond acceptors (Lipinski definition) is 14. The van der Waals surface area contributed by atoms with Gasteiger partial charge in [-0.1, -0.05) is 98.1 Å². The Kier molecular flexibility index (Phi) is 15.2. The summed E-state index contributed by atoms with van der Waals surface area (Å²) < 4.78 is 44.7. The zero-order chi connectivity index (χ0) is 55.9. The van der Waals surface area contributed by atoms with Crippen LogP contribution in [-0.2, 0) is 19.1 Å². The molecule has 0 N–H and O–H groups in total. The first kappa shape index (κ1) is 52.6. The molecule has 0 atom stereocenters. The van der Waals surface area contributed by atoms with Gasteiger partial charge in [0.25, 0.3) is 0 Å². The van der Waals surface area contributed by atoms with Gasteiger partial charge in [-0.15, -0.1) is 0 Å². The van der Waals surface area contributed by atoms with Crippen LogP contribution in [0.5, 0.6) is 34.5 Å². The van der Waals surface area contributed by atoms with Crippen LogP contribution >= 0.6 is 0 Å². The van der Waals surface area contributed by atoms with E-state index in [1.165, 1.54) is 38.1 Å². The number of fused-ring (bicyclic) bond motifs is 4. The molecule has 0 saturated carbocycles. The smallest absolute Gasteiger partial charge is 0.343 e.